The Bertz CT molecular complexity index is 441. The Kier molecular flexibility index (Phi) is 4.53. The highest BCUT2D eigenvalue weighted by molar-refractivity contribution is 5.94. The first kappa shape index (κ1) is 12.3. The lowest BCUT2D eigenvalue weighted by molar-refractivity contribution is 0.101. The van der Waals surface area contributed by atoms with Crippen molar-refractivity contribution in [3.8, 4) is 17.6 Å². The van der Waals surface area contributed by atoms with Crippen molar-refractivity contribution in [3.63, 3.8) is 0 Å². The van der Waals surface area contributed by atoms with Crippen LogP contribution in [-0.4, -0.2) is 12.4 Å². The van der Waals surface area contributed by atoms with Gasteiger partial charge in [-0.05, 0) is 32.0 Å². The van der Waals surface area contributed by atoms with Crippen LogP contribution in [0, 0.1) is 17.7 Å². The van der Waals surface area contributed by atoms with Gasteiger partial charge >= 0.3 is 0 Å². The summed E-state index contributed by atoms with van der Waals surface area (Å²) in [6, 6.07) is 4.20. The summed E-state index contributed by atoms with van der Waals surface area (Å²) < 4.78 is 18.6. The van der Waals surface area contributed by atoms with Gasteiger partial charge in [-0.3, -0.25) is 4.79 Å². The van der Waals surface area contributed by atoms with E-state index in [-0.39, 0.29) is 11.5 Å². The van der Waals surface area contributed by atoms with Gasteiger partial charge in [0.1, 0.15) is 0 Å². The van der Waals surface area contributed by atoms with E-state index >= 15 is 0 Å². The first-order valence-corrected chi connectivity index (χ1v) is 4.98. The van der Waals surface area contributed by atoms with E-state index in [2.05, 4.69) is 11.8 Å². The van der Waals surface area contributed by atoms with Gasteiger partial charge in [-0.2, -0.15) is 0 Å². The molecule has 0 fully saturated rings. The van der Waals surface area contributed by atoms with Gasteiger partial charge in [0, 0.05) is 12.0 Å². The molecule has 0 bridgehead atoms. The largest absolute Gasteiger partial charge is 0.490 e. The Balaban J connectivity index is 2.67. The highest BCUT2D eigenvalue weighted by Crippen LogP contribution is 2.18. The molecule has 0 radical (unpaired) electrons. The summed E-state index contributed by atoms with van der Waals surface area (Å²) in [4.78, 5) is 11.0. The van der Waals surface area contributed by atoms with Crippen molar-refractivity contribution in [2.45, 2.75) is 20.3 Å². The molecule has 0 N–H and O–H groups in total. The van der Waals surface area contributed by atoms with Gasteiger partial charge in [-0.25, -0.2) is 4.39 Å². The molecule has 0 aliphatic heterocycles. The molecule has 0 saturated heterocycles. The van der Waals surface area contributed by atoms with Gasteiger partial charge in [-0.1, -0.05) is 0 Å². The smallest absolute Gasteiger partial charge is 0.165 e. The van der Waals surface area contributed by atoms with Crippen LogP contribution < -0.4 is 4.74 Å². The summed E-state index contributed by atoms with van der Waals surface area (Å²) in [6.07, 6.45) is 0.560. The fourth-order valence-corrected chi connectivity index (χ4v) is 1.17. The fraction of sp³-hybridized carbons (Fsp3) is 0.308. The van der Waals surface area contributed by atoms with Crippen LogP contribution >= 0.6 is 0 Å². The quantitative estimate of drug-likeness (QED) is 0.443. The Morgan fingerprint density at radius 3 is 2.81 bits per heavy atom. The van der Waals surface area contributed by atoms with E-state index < -0.39 is 5.82 Å². The van der Waals surface area contributed by atoms with Crippen LogP contribution in [0.15, 0.2) is 18.2 Å². The number of rotatable bonds is 4. The standard InChI is InChI=1S/C13H13FO2/c1-3-4-5-8-16-13-7-6-11(10(2)15)9-12(13)14/h6-7,9H,5,8H2,1-2H3. The van der Waals surface area contributed by atoms with Crippen molar-refractivity contribution in [2.24, 2.45) is 0 Å². The van der Waals surface area contributed by atoms with E-state index in [4.69, 9.17) is 4.74 Å². The number of ether oxygens (including phenoxy) is 1. The number of carbonyl (C=O) groups excluding carboxylic acids is 1. The Hall–Kier alpha value is -1.82. The summed E-state index contributed by atoms with van der Waals surface area (Å²) in [5.74, 6) is 5.01. The molecular formula is C13H13FO2. The third kappa shape index (κ3) is 3.39. The second-order valence-corrected chi connectivity index (χ2v) is 3.23. The number of halogens is 1. The minimum absolute atomic E-state index is 0.155. The van der Waals surface area contributed by atoms with Crippen LogP contribution in [0.3, 0.4) is 0 Å². The molecular weight excluding hydrogens is 207 g/mol. The van der Waals surface area contributed by atoms with E-state index in [0.717, 1.165) is 0 Å². The average molecular weight is 220 g/mol. The first-order chi connectivity index (χ1) is 7.65. The number of hydrogen-bond acceptors (Lipinski definition) is 2. The molecule has 0 aromatic heterocycles. The zero-order chi connectivity index (χ0) is 12.0. The fourth-order valence-electron chi connectivity index (χ4n) is 1.17. The van der Waals surface area contributed by atoms with Crippen LogP contribution in [0.1, 0.15) is 30.6 Å². The summed E-state index contributed by atoms with van der Waals surface area (Å²) in [6.45, 7) is 3.48. The summed E-state index contributed by atoms with van der Waals surface area (Å²) in [5, 5.41) is 0. The minimum atomic E-state index is -0.517. The minimum Gasteiger partial charge on any atom is -0.490 e. The molecule has 0 saturated carbocycles. The lowest BCUT2D eigenvalue weighted by Gasteiger charge is -2.05. The van der Waals surface area contributed by atoms with Gasteiger partial charge in [0.15, 0.2) is 17.3 Å². The van der Waals surface area contributed by atoms with Crippen LogP contribution in [0.4, 0.5) is 4.39 Å². The van der Waals surface area contributed by atoms with E-state index in [0.29, 0.717) is 18.6 Å². The normalized spacial score (nSPS) is 9.19. The highest BCUT2D eigenvalue weighted by Gasteiger charge is 2.06. The molecule has 0 unspecified atom stereocenters. The zero-order valence-electron chi connectivity index (χ0n) is 9.34. The lowest BCUT2D eigenvalue weighted by Crippen LogP contribution is -2.00. The second-order valence-electron chi connectivity index (χ2n) is 3.23. The maximum atomic E-state index is 13.4. The Morgan fingerprint density at radius 1 is 1.50 bits per heavy atom. The first-order valence-electron chi connectivity index (χ1n) is 4.98. The van der Waals surface area contributed by atoms with Crippen LogP contribution in [0.2, 0.25) is 0 Å². The van der Waals surface area contributed by atoms with E-state index in [1.54, 1.807) is 13.0 Å². The molecule has 0 aliphatic rings. The molecule has 1 aromatic rings. The molecule has 0 amide bonds. The molecule has 3 heteroatoms. The number of carbonyl (C=O) groups is 1. The SMILES string of the molecule is CC#CCCOc1ccc(C(C)=O)cc1F. The molecule has 0 spiro atoms. The molecule has 1 aromatic carbocycles. The number of hydrogen-bond donors (Lipinski definition) is 0. The van der Waals surface area contributed by atoms with E-state index in [1.807, 2.05) is 0 Å². The van der Waals surface area contributed by atoms with Crippen LogP contribution in [-0.2, 0) is 0 Å². The van der Waals surface area contributed by atoms with E-state index in [9.17, 15) is 9.18 Å². The van der Waals surface area contributed by atoms with Crippen LogP contribution in [0.25, 0.3) is 0 Å². The zero-order valence-corrected chi connectivity index (χ0v) is 9.34. The van der Waals surface area contributed by atoms with Crippen molar-refractivity contribution in [3.05, 3.63) is 29.6 Å². The molecule has 0 aliphatic carbocycles. The Morgan fingerprint density at radius 2 is 2.25 bits per heavy atom. The van der Waals surface area contributed by atoms with Gasteiger partial charge < -0.3 is 4.74 Å². The molecule has 84 valence electrons. The Labute approximate surface area is 94.4 Å². The highest BCUT2D eigenvalue weighted by atomic mass is 19.1. The lowest BCUT2D eigenvalue weighted by atomic mass is 10.1. The van der Waals surface area contributed by atoms with Gasteiger partial charge in [0.05, 0.1) is 6.61 Å². The predicted molar refractivity (Wildman–Crippen MR) is 60.0 cm³/mol. The predicted octanol–water partition coefficient (Wildman–Crippen LogP) is 2.82. The van der Waals surface area contributed by atoms with E-state index in [1.165, 1.54) is 19.1 Å². The van der Waals surface area contributed by atoms with Crippen molar-refractivity contribution >= 4 is 5.78 Å². The van der Waals surface area contributed by atoms with Gasteiger partial charge in [0.25, 0.3) is 0 Å². The maximum absolute atomic E-state index is 13.4. The molecule has 0 heterocycles. The summed E-state index contributed by atoms with van der Waals surface area (Å²) >= 11 is 0. The van der Waals surface area contributed by atoms with Gasteiger partial charge in [0.2, 0.25) is 0 Å². The third-order valence-electron chi connectivity index (χ3n) is 2.00. The summed E-state index contributed by atoms with van der Waals surface area (Å²) in [7, 11) is 0. The summed E-state index contributed by atoms with van der Waals surface area (Å²) in [5.41, 5.74) is 0.346. The maximum Gasteiger partial charge on any atom is 0.165 e. The third-order valence-corrected chi connectivity index (χ3v) is 2.00. The van der Waals surface area contributed by atoms with Crippen molar-refractivity contribution in [2.75, 3.05) is 6.61 Å². The molecule has 2 nitrogen and oxygen atoms in total. The average Bonchev–Trinajstić information content (AvgIpc) is 2.26. The second kappa shape index (κ2) is 5.92. The molecule has 1 rings (SSSR count). The van der Waals surface area contributed by atoms with Crippen molar-refractivity contribution in [1.82, 2.24) is 0 Å². The topological polar surface area (TPSA) is 26.3 Å². The van der Waals surface area contributed by atoms with Gasteiger partial charge in [-0.15, -0.1) is 11.8 Å². The van der Waals surface area contributed by atoms with Crippen molar-refractivity contribution in [1.29, 1.82) is 0 Å². The number of ketones is 1. The number of Topliss-reactive ketones (excluding diaryl/α,β-unsaturated/α-hetero) is 1. The van der Waals surface area contributed by atoms with Crippen molar-refractivity contribution < 1.29 is 13.9 Å². The monoisotopic (exact) mass is 220 g/mol. The van der Waals surface area contributed by atoms with Crippen LogP contribution in [0.5, 0.6) is 5.75 Å². The molecule has 0 atom stereocenters. The number of benzene rings is 1. The molecule has 16 heavy (non-hydrogen) atoms.